The van der Waals surface area contributed by atoms with Crippen LogP contribution in [-0.4, -0.2) is 50.2 Å². The van der Waals surface area contributed by atoms with Gasteiger partial charge < -0.3 is 14.1 Å². The summed E-state index contributed by atoms with van der Waals surface area (Å²) < 4.78 is 10.9. The summed E-state index contributed by atoms with van der Waals surface area (Å²) >= 11 is 0. The second kappa shape index (κ2) is 7.42. The maximum atomic E-state index is 13.1. The third kappa shape index (κ3) is 3.78. The Labute approximate surface area is 148 Å². The fourth-order valence-electron chi connectivity index (χ4n) is 3.53. The van der Waals surface area contributed by atoms with Gasteiger partial charge in [0, 0.05) is 43.7 Å². The Bertz CT molecular complexity index is 680. The molecule has 1 aromatic heterocycles. The molecule has 1 aromatic carbocycles. The van der Waals surface area contributed by atoms with Crippen LogP contribution in [0.25, 0.3) is 0 Å². The van der Waals surface area contributed by atoms with Crippen molar-refractivity contribution >= 4 is 11.6 Å². The van der Waals surface area contributed by atoms with Gasteiger partial charge in [0.1, 0.15) is 5.76 Å². The number of ether oxygens (including phenoxy) is 1. The second-order valence-electron chi connectivity index (χ2n) is 6.74. The summed E-state index contributed by atoms with van der Waals surface area (Å²) in [5.41, 5.74) is 0.978. The summed E-state index contributed by atoms with van der Waals surface area (Å²) in [6.45, 7) is 5.03. The Balaban J connectivity index is 1.44. The molecule has 1 amide bonds. The van der Waals surface area contributed by atoms with Crippen molar-refractivity contribution < 1.29 is 13.9 Å². The Hall–Kier alpha value is -2.11. The fraction of sp³-hybridized carbons (Fsp3) is 0.450. The van der Waals surface area contributed by atoms with E-state index in [0.29, 0.717) is 6.54 Å². The highest BCUT2D eigenvalue weighted by Crippen LogP contribution is 2.49. The van der Waals surface area contributed by atoms with E-state index >= 15 is 0 Å². The molecular weight excluding hydrogens is 316 g/mol. The van der Waals surface area contributed by atoms with E-state index in [-0.39, 0.29) is 17.7 Å². The summed E-state index contributed by atoms with van der Waals surface area (Å²) in [7, 11) is 0. The maximum Gasteiger partial charge on any atom is 0.230 e. The predicted octanol–water partition coefficient (Wildman–Crippen LogP) is 2.75. The molecule has 4 rings (SSSR count). The van der Waals surface area contributed by atoms with Crippen LogP contribution in [0.1, 0.15) is 18.1 Å². The summed E-state index contributed by atoms with van der Waals surface area (Å²) in [4.78, 5) is 17.4. The fourth-order valence-corrected chi connectivity index (χ4v) is 3.53. The van der Waals surface area contributed by atoms with E-state index in [0.717, 1.165) is 50.7 Å². The van der Waals surface area contributed by atoms with E-state index in [9.17, 15) is 4.79 Å². The van der Waals surface area contributed by atoms with Gasteiger partial charge in [-0.1, -0.05) is 18.2 Å². The van der Waals surface area contributed by atoms with Crippen LogP contribution in [0.4, 0.5) is 5.69 Å². The van der Waals surface area contributed by atoms with Gasteiger partial charge in [-0.25, -0.2) is 0 Å². The SMILES string of the molecule is O=C(C1CC1c1ccco1)N(CCN1CCOCC1)c1ccccc1. The van der Waals surface area contributed by atoms with Gasteiger partial charge in [-0.15, -0.1) is 0 Å². The maximum absolute atomic E-state index is 13.1. The van der Waals surface area contributed by atoms with Crippen LogP contribution < -0.4 is 4.90 Å². The molecule has 25 heavy (non-hydrogen) atoms. The van der Waals surface area contributed by atoms with Crippen molar-refractivity contribution in [3.05, 3.63) is 54.5 Å². The molecule has 1 aliphatic carbocycles. The largest absolute Gasteiger partial charge is 0.469 e. The van der Waals surface area contributed by atoms with Crippen molar-refractivity contribution in [2.24, 2.45) is 5.92 Å². The van der Waals surface area contributed by atoms with Crippen LogP contribution >= 0.6 is 0 Å². The van der Waals surface area contributed by atoms with Crippen molar-refractivity contribution in [2.45, 2.75) is 12.3 Å². The molecule has 2 fully saturated rings. The average Bonchev–Trinajstić information content (AvgIpc) is 3.28. The Kier molecular flexibility index (Phi) is 4.85. The molecule has 2 aliphatic rings. The highest BCUT2D eigenvalue weighted by molar-refractivity contribution is 5.97. The molecule has 1 saturated heterocycles. The number of hydrogen-bond acceptors (Lipinski definition) is 4. The molecule has 0 radical (unpaired) electrons. The van der Waals surface area contributed by atoms with Crippen LogP contribution in [-0.2, 0) is 9.53 Å². The van der Waals surface area contributed by atoms with Gasteiger partial charge in [-0.05, 0) is 30.7 Å². The average molecular weight is 340 g/mol. The van der Waals surface area contributed by atoms with Crippen molar-refractivity contribution in [2.75, 3.05) is 44.3 Å². The van der Waals surface area contributed by atoms with E-state index in [1.54, 1.807) is 6.26 Å². The zero-order valence-corrected chi connectivity index (χ0v) is 14.3. The Morgan fingerprint density at radius 3 is 2.64 bits per heavy atom. The van der Waals surface area contributed by atoms with E-state index < -0.39 is 0 Å². The van der Waals surface area contributed by atoms with E-state index in [2.05, 4.69) is 4.90 Å². The summed E-state index contributed by atoms with van der Waals surface area (Å²) in [5.74, 6) is 1.41. The van der Waals surface area contributed by atoms with Gasteiger partial charge in [0.15, 0.2) is 0 Å². The summed E-state index contributed by atoms with van der Waals surface area (Å²) in [5, 5.41) is 0. The number of carbonyl (C=O) groups is 1. The third-order valence-corrected chi connectivity index (χ3v) is 5.09. The monoisotopic (exact) mass is 340 g/mol. The first kappa shape index (κ1) is 16.4. The lowest BCUT2D eigenvalue weighted by atomic mass is 10.2. The number of para-hydroxylation sites is 1. The molecule has 1 aliphatic heterocycles. The number of nitrogens with zero attached hydrogens (tertiary/aromatic N) is 2. The third-order valence-electron chi connectivity index (χ3n) is 5.09. The number of rotatable bonds is 6. The molecule has 5 heteroatoms. The first-order valence-corrected chi connectivity index (χ1v) is 9.03. The number of morpholine rings is 1. The van der Waals surface area contributed by atoms with Crippen LogP contribution in [0.3, 0.4) is 0 Å². The first-order chi connectivity index (χ1) is 12.3. The van der Waals surface area contributed by atoms with Gasteiger partial charge in [-0.2, -0.15) is 0 Å². The van der Waals surface area contributed by atoms with E-state index in [1.165, 1.54) is 0 Å². The van der Waals surface area contributed by atoms with Gasteiger partial charge in [-0.3, -0.25) is 9.69 Å². The predicted molar refractivity (Wildman–Crippen MR) is 95.6 cm³/mol. The second-order valence-corrected chi connectivity index (χ2v) is 6.74. The zero-order chi connectivity index (χ0) is 17.1. The van der Waals surface area contributed by atoms with Crippen molar-refractivity contribution in [3.8, 4) is 0 Å². The molecule has 132 valence electrons. The molecule has 5 nitrogen and oxygen atoms in total. The number of benzene rings is 1. The normalized spacial score (nSPS) is 23.4. The molecule has 2 unspecified atom stereocenters. The standard InChI is InChI=1S/C20H24N2O3/c23-20(18-15-17(18)19-7-4-12-25-19)22(16-5-2-1-3-6-16)9-8-21-10-13-24-14-11-21/h1-7,12,17-18H,8-11,13-15H2. The van der Waals surface area contributed by atoms with E-state index in [1.807, 2.05) is 47.4 Å². The number of carbonyl (C=O) groups excluding carboxylic acids is 1. The number of hydrogen-bond donors (Lipinski definition) is 0. The molecule has 0 bridgehead atoms. The lowest BCUT2D eigenvalue weighted by molar-refractivity contribution is -0.120. The van der Waals surface area contributed by atoms with Crippen molar-refractivity contribution in [1.29, 1.82) is 0 Å². The van der Waals surface area contributed by atoms with Gasteiger partial charge in [0.05, 0.1) is 19.5 Å². The number of furan rings is 1. The van der Waals surface area contributed by atoms with Gasteiger partial charge >= 0.3 is 0 Å². The molecule has 0 spiro atoms. The van der Waals surface area contributed by atoms with Gasteiger partial charge in [0.2, 0.25) is 5.91 Å². The van der Waals surface area contributed by atoms with Crippen LogP contribution in [0.5, 0.6) is 0 Å². The smallest absolute Gasteiger partial charge is 0.230 e. The molecular formula is C20H24N2O3. The lowest BCUT2D eigenvalue weighted by Crippen LogP contribution is -2.43. The summed E-state index contributed by atoms with van der Waals surface area (Å²) in [6, 6.07) is 13.9. The highest BCUT2D eigenvalue weighted by Gasteiger charge is 2.47. The molecule has 2 aromatic rings. The molecule has 2 atom stereocenters. The quantitative estimate of drug-likeness (QED) is 0.811. The highest BCUT2D eigenvalue weighted by atomic mass is 16.5. The minimum absolute atomic E-state index is 0.0380. The molecule has 0 N–H and O–H groups in total. The Morgan fingerprint density at radius 1 is 1.12 bits per heavy atom. The minimum atomic E-state index is 0.0380. The van der Waals surface area contributed by atoms with Crippen molar-refractivity contribution in [1.82, 2.24) is 4.90 Å². The topological polar surface area (TPSA) is 45.9 Å². The van der Waals surface area contributed by atoms with E-state index in [4.69, 9.17) is 9.15 Å². The summed E-state index contributed by atoms with van der Waals surface area (Å²) in [6.07, 6.45) is 2.57. The molecule has 1 saturated carbocycles. The van der Waals surface area contributed by atoms with Crippen molar-refractivity contribution in [3.63, 3.8) is 0 Å². The van der Waals surface area contributed by atoms with Gasteiger partial charge in [0.25, 0.3) is 0 Å². The zero-order valence-electron chi connectivity index (χ0n) is 14.3. The van der Waals surface area contributed by atoms with Crippen LogP contribution in [0.15, 0.2) is 53.1 Å². The molecule has 2 heterocycles. The van der Waals surface area contributed by atoms with Crippen LogP contribution in [0.2, 0.25) is 0 Å². The number of amides is 1. The van der Waals surface area contributed by atoms with Crippen LogP contribution in [0, 0.1) is 5.92 Å². The first-order valence-electron chi connectivity index (χ1n) is 9.03. The number of anilines is 1. The minimum Gasteiger partial charge on any atom is -0.469 e. The lowest BCUT2D eigenvalue weighted by Gasteiger charge is -2.30. The Morgan fingerprint density at radius 2 is 1.92 bits per heavy atom.